The van der Waals surface area contributed by atoms with Crippen molar-refractivity contribution in [3.05, 3.63) is 28.0 Å². The summed E-state index contributed by atoms with van der Waals surface area (Å²) in [6.07, 6.45) is 1.55. The monoisotopic (exact) mass is 252 g/mol. The first-order chi connectivity index (χ1) is 8.60. The molecule has 0 aromatic carbocycles. The molecule has 2 heterocycles. The molecule has 1 unspecified atom stereocenters. The Hall–Kier alpha value is -1.82. The van der Waals surface area contributed by atoms with Crippen LogP contribution in [0, 0.1) is 5.92 Å². The van der Waals surface area contributed by atoms with E-state index in [1.54, 1.807) is 4.90 Å². The third-order valence-electron chi connectivity index (χ3n) is 3.19. The molecule has 1 aliphatic heterocycles. The standard InChI is InChI=1S/C12H16N2O4/c15-4-2-8-1-3-14(7-8)12(18)9-5-10(16)13-11(17)6-9/h5-6,8,15H,1-4,7H2,(H2,13,16,17). The number of carbonyl (C=O) groups excluding carboxylic acids is 1. The normalized spacial score (nSPS) is 19.2. The first-order valence-corrected chi connectivity index (χ1v) is 5.93. The van der Waals surface area contributed by atoms with Gasteiger partial charge >= 0.3 is 0 Å². The average Bonchev–Trinajstić information content (AvgIpc) is 2.76. The van der Waals surface area contributed by atoms with E-state index in [9.17, 15) is 14.7 Å². The molecule has 1 aromatic heterocycles. The largest absolute Gasteiger partial charge is 0.494 e. The van der Waals surface area contributed by atoms with Crippen LogP contribution in [-0.2, 0) is 0 Å². The van der Waals surface area contributed by atoms with Crippen LogP contribution in [0.3, 0.4) is 0 Å². The number of nitrogens with one attached hydrogen (secondary N) is 1. The molecule has 1 fully saturated rings. The molecule has 1 saturated heterocycles. The Morgan fingerprint density at radius 2 is 2.28 bits per heavy atom. The van der Waals surface area contributed by atoms with Crippen molar-refractivity contribution >= 4 is 5.91 Å². The van der Waals surface area contributed by atoms with Crippen molar-refractivity contribution in [3.8, 4) is 5.88 Å². The summed E-state index contributed by atoms with van der Waals surface area (Å²) in [5.74, 6) is -0.247. The predicted molar refractivity (Wildman–Crippen MR) is 64.4 cm³/mol. The van der Waals surface area contributed by atoms with Crippen LogP contribution in [0.1, 0.15) is 23.2 Å². The number of aliphatic hydroxyl groups is 1. The highest BCUT2D eigenvalue weighted by Gasteiger charge is 2.26. The van der Waals surface area contributed by atoms with E-state index in [4.69, 9.17) is 5.11 Å². The number of likely N-dealkylation sites (tertiary alicyclic amines) is 1. The number of hydrogen-bond acceptors (Lipinski definition) is 4. The number of nitrogens with zero attached hydrogens (tertiary/aromatic N) is 1. The second-order valence-corrected chi connectivity index (χ2v) is 4.54. The van der Waals surface area contributed by atoms with Gasteiger partial charge in [0.1, 0.15) is 0 Å². The summed E-state index contributed by atoms with van der Waals surface area (Å²) in [6, 6.07) is 2.44. The third-order valence-corrected chi connectivity index (χ3v) is 3.19. The number of aromatic nitrogens is 1. The minimum atomic E-state index is -0.496. The summed E-state index contributed by atoms with van der Waals surface area (Å²) in [6.45, 7) is 1.34. The average molecular weight is 252 g/mol. The summed E-state index contributed by atoms with van der Waals surface area (Å²) >= 11 is 0. The van der Waals surface area contributed by atoms with Crippen molar-refractivity contribution in [2.75, 3.05) is 19.7 Å². The molecule has 0 aliphatic carbocycles. The lowest BCUT2D eigenvalue weighted by Crippen LogP contribution is -2.29. The Kier molecular flexibility index (Phi) is 3.66. The Balaban J connectivity index is 2.10. The molecule has 6 nitrogen and oxygen atoms in total. The fourth-order valence-electron chi connectivity index (χ4n) is 2.27. The van der Waals surface area contributed by atoms with E-state index in [2.05, 4.69) is 4.98 Å². The molecule has 1 atom stereocenters. The highest BCUT2D eigenvalue weighted by Crippen LogP contribution is 2.21. The zero-order valence-electron chi connectivity index (χ0n) is 9.93. The van der Waals surface area contributed by atoms with Crippen LogP contribution in [-0.4, -0.2) is 45.7 Å². The number of aromatic amines is 1. The van der Waals surface area contributed by atoms with E-state index in [1.165, 1.54) is 12.1 Å². The highest BCUT2D eigenvalue weighted by atomic mass is 16.3. The molecule has 1 amide bonds. The number of amides is 1. The molecule has 98 valence electrons. The van der Waals surface area contributed by atoms with Crippen LogP contribution in [0.25, 0.3) is 0 Å². The molecule has 0 spiro atoms. The van der Waals surface area contributed by atoms with Gasteiger partial charge in [0.2, 0.25) is 0 Å². The number of carbonyl (C=O) groups is 1. The maximum absolute atomic E-state index is 12.1. The Morgan fingerprint density at radius 1 is 1.50 bits per heavy atom. The third kappa shape index (κ3) is 2.70. The van der Waals surface area contributed by atoms with E-state index >= 15 is 0 Å². The van der Waals surface area contributed by atoms with E-state index in [1.807, 2.05) is 0 Å². The van der Waals surface area contributed by atoms with Crippen LogP contribution in [0.4, 0.5) is 0 Å². The van der Waals surface area contributed by atoms with Crippen molar-refractivity contribution < 1.29 is 15.0 Å². The minimum Gasteiger partial charge on any atom is -0.494 e. The fraction of sp³-hybridized carbons (Fsp3) is 0.500. The molecule has 0 bridgehead atoms. The number of H-pyrrole nitrogens is 1. The lowest BCUT2D eigenvalue weighted by atomic mass is 10.1. The van der Waals surface area contributed by atoms with Gasteiger partial charge in [-0.1, -0.05) is 0 Å². The summed E-state index contributed by atoms with van der Waals surface area (Å²) in [4.78, 5) is 27.1. The van der Waals surface area contributed by atoms with Crippen molar-refractivity contribution in [1.82, 2.24) is 9.88 Å². The number of pyridine rings is 1. The number of hydrogen-bond donors (Lipinski definition) is 3. The van der Waals surface area contributed by atoms with E-state index < -0.39 is 5.56 Å². The number of rotatable bonds is 3. The first kappa shape index (κ1) is 12.6. The van der Waals surface area contributed by atoms with Gasteiger partial charge in [0.25, 0.3) is 11.5 Å². The molecule has 0 radical (unpaired) electrons. The van der Waals surface area contributed by atoms with Crippen molar-refractivity contribution in [2.45, 2.75) is 12.8 Å². The van der Waals surface area contributed by atoms with Gasteiger partial charge in [-0.2, -0.15) is 0 Å². The molecule has 6 heteroatoms. The van der Waals surface area contributed by atoms with Gasteiger partial charge in [-0.3, -0.25) is 14.6 Å². The second kappa shape index (κ2) is 5.22. The van der Waals surface area contributed by atoms with Gasteiger partial charge in [0, 0.05) is 31.8 Å². The zero-order chi connectivity index (χ0) is 13.1. The minimum absolute atomic E-state index is 0.124. The zero-order valence-corrected chi connectivity index (χ0v) is 9.93. The van der Waals surface area contributed by atoms with Crippen molar-refractivity contribution in [2.24, 2.45) is 5.92 Å². The SMILES string of the molecule is O=C(c1cc(O)[nH]c(=O)c1)N1CCC(CCO)C1. The van der Waals surface area contributed by atoms with Gasteiger partial charge in [0.05, 0.1) is 5.56 Å². The molecule has 18 heavy (non-hydrogen) atoms. The lowest BCUT2D eigenvalue weighted by molar-refractivity contribution is 0.0784. The predicted octanol–water partition coefficient (Wildman–Crippen LogP) is -0.0750. The molecule has 1 aromatic rings. The molecule has 0 saturated carbocycles. The maximum atomic E-state index is 12.1. The Morgan fingerprint density at radius 3 is 2.94 bits per heavy atom. The Bertz CT molecular complexity index is 497. The van der Waals surface area contributed by atoms with Crippen molar-refractivity contribution in [3.63, 3.8) is 0 Å². The summed E-state index contributed by atoms with van der Waals surface area (Å²) in [5, 5.41) is 18.1. The molecule has 2 rings (SSSR count). The smallest absolute Gasteiger partial charge is 0.254 e. The van der Waals surface area contributed by atoms with Gasteiger partial charge in [0.15, 0.2) is 5.88 Å². The number of aromatic hydroxyl groups is 1. The summed E-state index contributed by atoms with van der Waals surface area (Å²) in [7, 11) is 0. The van der Waals surface area contributed by atoms with E-state index in [0.29, 0.717) is 25.4 Å². The van der Waals surface area contributed by atoms with Gasteiger partial charge in [-0.25, -0.2) is 0 Å². The van der Waals surface area contributed by atoms with Crippen LogP contribution in [0.15, 0.2) is 16.9 Å². The molecular formula is C12H16N2O4. The molecular weight excluding hydrogens is 236 g/mol. The Labute approximate surface area is 104 Å². The fourth-order valence-corrected chi connectivity index (χ4v) is 2.27. The van der Waals surface area contributed by atoms with Crippen LogP contribution in [0.5, 0.6) is 5.88 Å². The van der Waals surface area contributed by atoms with Gasteiger partial charge in [-0.05, 0) is 18.8 Å². The first-order valence-electron chi connectivity index (χ1n) is 5.93. The molecule has 1 aliphatic rings. The van der Waals surface area contributed by atoms with E-state index in [-0.39, 0.29) is 24.0 Å². The quantitative estimate of drug-likeness (QED) is 0.701. The highest BCUT2D eigenvalue weighted by molar-refractivity contribution is 5.94. The summed E-state index contributed by atoms with van der Waals surface area (Å²) in [5.41, 5.74) is -0.301. The number of aliphatic hydroxyl groups excluding tert-OH is 1. The lowest BCUT2D eigenvalue weighted by Gasteiger charge is -2.16. The maximum Gasteiger partial charge on any atom is 0.254 e. The topological polar surface area (TPSA) is 93.6 Å². The second-order valence-electron chi connectivity index (χ2n) is 4.54. The van der Waals surface area contributed by atoms with Crippen LogP contribution in [0.2, 0.25) is 0 Å². The van der Waals surface area contributed by atoms with E-state index in [0.717, 1.165) is 6.42 Å². The van der Waals surface area contributed by atoms with Crippen molar-refractivity contribution in [1.29, 1.82) is 0 Å². The van der Waals surface area contributed by atoms with Crippen LogP contribution < -0.4 is 5.56 Å². The van der Waals surface area contributed by atoms with Gasteiger partial charge < -0.3 is 15.1 Å². The molecule has 3 N–H and O–H groups in total. The van der Waals surface area contributed by atoms with Gasteiger partial charge in [-0.15, -0.1) is 0 Å². The summed E-state index contributed by atoms with van der Waals surface area (Å²) < 4.78 is 0. The van der Waals surface area contributed by atoms with Crippen LogP contribution >= 0.6 is 0 Å².